The van der Waals surface area contributed by atoms with E-state index >= 15 is 0 Å². The van der Waals surface area contributed by atoms with Crippen LogP contribution in [0, 0.1) is 10.1 Å². The van der Waals surface area contributed by atoms with Crippen molar-refractivity contribution in [1.82, 2.24) is 5.43 Å². The Kier molecular flexibility index (Phi) is 5.64. The molecule has 0 saturated heterocycles. The van der Waals surface area contributed by atoms with Gasteiger partial charge in [-0.25, -0.2) is 5.43 Å². The number of carbonyl (C=O) groups is 2. The molecule has 0 heterocycles. The topological polar surface area (TPSA) is 137 Å². The van der Waals surface area contributed by atoms with Gasteiger partial charge in [-0.05, 0) is 23.9 Å². The van der Waals surface area contributed by atoms with Crippen LogP contribution < -0.4 is 15.8 Å². The van der Waals surface area contributed by atoms with Crippen molar-refractivity contribution in [2.75, 3.05) is 5.32 Å². The lowest BCUT2D eigenvalue weighted by Gasteiger charge is -2.06. The van der Waals surface area contributed by atoms with E-state index in [0.717, 1.165) is 18.3 Å². The van der Waals surface area contributed by atoms with Crippen molar-refractivity contribution in [3.8, 4) is 5.75 Å². The predicted octanol–water partition coefficient (Wildman–Crippen LogP) is 1.41. The summed E-state index contributed by atoms with van der Waals surface area (Å²) < 4.78 is 0. The molecule has 0 aromatic heterocycles. The summed E-state index contributed by atoms with van der Waals surface area (Å²) >= 11 is 5.76. The third-order valence-electron chi connectivity index (χ3n) is 2.85. The molecule has 2 N–H and O–H groups in total. The quantitative estimate of drug-likeness (QED) is 0.367. The molecule has 2 aromatic rings. The summed E-state index contributed by atoms with van der Waals surface area (Å²) in [6, 6.07) is 9.51. The molecule has 0 saturated carbocycles. The monoisotopic (exact) mass is 361 g/mol. The molecule has 0 spiro atoms. The van der Waals surface area contributed by atoms with Gasteiger partial charge >= 0.3 is 11.8 Å². The van der Waals surface area contributed by atoms with Gasteiger partial charge in [0.2, 0.25) is 0 Å². The first kappa shape index (κ1) is 17.9. The van der Waals surface area contributed by atoms with E-state index in [1.807, 2.05) is 5.43 Å². The van der Waals surface area contributed by atoms with Gasteiger partial charge < -0.3 is 10.4 Å². The van der Waals surface area contributed by atoms with Crippen molar-refractivity contribution in [1.29, 1.82) is 0 Å². The van der Waals surface area contributed by atoms with Crippen LogP contribution in [0.25, 0.3) is 0 Å². The fourth-order valence-electron chi connectivity index (χ4n) is 1.73. The minimum atomic E-state index is -1.05. The number of anilines is 1. The van der Waals surface area contributed by atoms with Gasteiger partial charge in [0, 0.05) is 22.3 Å². The molecular weight excluding hydrogens is 352 g/mol. The number of hydrazone groups is 1. The average molecular weight is 362 g/mol. The Morgan fingerprint density at radius 1 is 1.16 bits per heavy atom. The lowest BCUT2D eigenvalue weighted by atomic mass is 10.2. The van der Waals surface area contributed by atoms with Gasteiger partial charge in [-0.1, -0.05) is 29.8 Å². The normalized spacial score (nSPS) is 10.4. The number of nitrogens with zero attached hydrogens (tertiary/aromatic N) is 2. The van der Waals surface area contributed by atoms with Crippen molar-refractivity contribution < 1.29 is 19.6 Å². The molecule has 9 nitrogen and oxygen atoms in total. The Hall–Kier alpha value is -3.46. The van der Waals surface area contributed by atoms with Gasteiger partial charge in [-0.3, -0.25) is 19.7 Å². The molecule has 0 radical (unpaired) electrons. The average Bonchev–Trinajstić information content (AvgIpc) is 2.56. The Balaban J connectivity index is 1.97. The number of nitrogens with one attached hydrogen (secondary N) is 2. The highest BCUT2D eigenvalue weighted by atomic mass is 35.5. The molecule has 0 bridgehead atoms. The number of nitro benzene ring substituents is 1. The predicted molar refractivity (Wildman–Crippen MR) is 88.4 cm³/mol. The number of hydrogen-bond acceptors (Lipinski definition) is 6. The standard InChI is InChI=1S/C15H11ClN4O5/c16-10-2-1-3-11(7-10)18-14(22)15(23)19-17-8-9-4-5-13(21)12(6-9)20(24)25/h1-8,21H,(H,18,22)(H,19,23)/p-1/b17-8-. The Bertz CT molecular complexity index is 869. The lowest BCUT2D eigenvalue weighted by molar-refractivity contribution is -0.398. The zero-order valence-electron chi connectivity index (χ0n) is 12.4. The highest BCUT2D eigenvalue weighted by Crippen LogP contribution is 2.22. The third kappa shape index (κ3) is 5.01. The Morgan fingerprint density at radius 3 is 2.60 bits per heavy atom. The van der Waals surface area contributed by atoms with Gasteiger partial charge in [0.25, 0.3) is 5.69 Å². The number of hydrogen-bond donors (Lipinski definition) is 2. The van der Waals surface area contributed by atoms with E-state index in [0.29, 0.717) is 10.7 Å². The molecule has 2 rings (SSSR count). The first-order valence-electron chi connectivity index (χ1n) is 6.72. The number of halogens is 1. The van der Waals surface area contributed by atoms with Gasteiger partial charge in [0.05, 0.1) is 11.1 Å². The minimum absolute atomic E-state index is 0.210. The maximum Gasteiger partial charge on any atom is 0.329 e. The fourth-order valence-corrected chi connectivity index (χ4v) is 1.92. The van der Waals surface area contributed by atoms with Crippen LogP contribution in [0.5, 0.6) is 5.75 Å². The third-order valence-corrected chi connectivity index (χ3v) is 3.08. The minimum Gasteiger partial charge on any atom is -0.868 e. The lowest BCUT2D eigenvalue weighted by Crippen LogP contribution is -2.32. The summed E-state index contributed by atoms with van der Waals surface area (Å²) in [5.41, 5.74) is 1.89. The van der Waals surface area contributed by atoms with E-state index in [2.05, 4.69) is 10.4 Å². The summed E-state index contributed by atoms with van der Waals surface area (Å²) in [5, 5.41) is 28.2. The molecule has 0 fully saturated rings. The summed E-state index contributed by atoms with van der Waals surface area (Å²) in [6.45, 7) is 0. The Labute approximate surface area is 146 Å². The van der Waals surface area contributed by atoms with Crippen LogP contribution >= 0.6 is 11.6 Å². The van der Waals surface area contributed by atoms with Gasteiger partial charge in [0.15, 0.2) is 0 Å². The molecule has 0 aliphatic heterocycles. The first-order chi connectivity index (χ1) is 11.9. The van der Waals surface area contributed by atoms with Crippen molar-refractivity contribution >= 4 is 41.0 Å². The Morgan fingerprint density at radius 2 is 1.92 bits per heavy atom. The summed E-state index contributed by atoms with van der Waals surface area (Å²) in [7, 11) is 0. The second kappa shape index (κ2) is 7.88. The molecule has 0 atom stereocenters. The second-order valence-electron chi connectivity index (χ2n) is 4.65. The summed E-state index contributed by atoms with van der Waals surface area (Å²) in [6.07, 6.45) is 1.07. The van der Waals surface area contributed by atoms with Crippen molar-refractivity contribution in [2.24, 2.45) is 5.10 Å². The van der Waals surface area contributed by atoms with Crippen molar-refractivity contribution in [2.45, 2.75) is 0 Å². The first-order valence-corrected chi connectivity index (χ1v) is 7.10. The molecule has 2 amide bonds. The van der Waals surface area contributed by atoms with Crippen molar-refractivity contribution in [3.05, 3.63) is 63.2 Å². The van der Waals surface area contributed by atoms with E-state index in [-0.39, 0.29) is 5.56 Å². The van der Waals surface area contributed by atoms with E-state index in [1.165, 1.54) is 12.1 Å². The molecule has 25 heavy (non-hydrogen) atoms. The van der Waals surface area contributed by atoms with Crippen LogP contribution in [0.2, 0.25) is 5.02 Å². The van der Waals surface area contributed by atoms with E-state index in [4.69, 9.17) is 11.6 Å². The second-order valence-corrected chi connectivity index (χ2v) is 5.08. The van der Waals surface area contributed by atoms with Crippen LogP contribution in [0.3, 0.4) is 0 Å². The van der Waals surface area contributed by atoms with E-state index in [9.17, 15) is 24.8 Å². The molecule has 2 aromatic carbocycles. The largest absolute Gasteiger partial charge is 0.868 e. The van der Waals surface area contributed by atoms with Gasteiger partial charge in [-0.2, -0.15) is 5.10 Å². The molecule has 0 aliphatic carbocycles. The van der Waals surface area contributed by atoms with Crippen LogP contribution in [0.4, 0.5) is 11.4 Å². The zero-order chi connectivity index (χ0) is 18.4. The fraction of sp³-hybridized carbons (Fsp3) is 0. The summed E-state index contributed by atoms with van der Waals surface area (Å²) in [5.74, 6) is -2.77. The van der Waals surface area contributed by atoms with Gasteiger partial charge in [-0.15, -0.1) is 0 Å². The van der Waals surface area contributed by atoms with Crippen LogP contribution in [0.15, 0.2) is 47.6 Å². The van der Waals surface area contributed by atoms with Gasteiger partial charge in [0.1, 0.15) is 0 Å². The number of nitro groups is 1. The number of amides is 2. The zero-order valence-corrected chi connectivity index (χ0v) is 13.2. The molecule has 0 aliphatic rings. The molecular formula is C15H10ClN4O5-. The van der Waals surface area contributed by atoms with Crippen LogP contribution in [-0.4, -0.2) is 23.0 Å². The number of benzene rings is 2. The summed E-state index contributed by atoms with van der Waals surface area (Å²) in [4.78, 5) is 33.2. The van der Waals surface area contributed by atoms with Crippen LogP contribution in [0.1, 0.15) is 5.56 Å². The molecule has 10 heteroatoms. The van der Waals surface area contributed by atoms with Crippen molar-refractivity contribution in [3.63, 3.8) is 0 Å². The highest BCUT2D eigenvalue weighted by Gasteiger charge is 2.13. The smallest absolute Gasteiger partial charge is 0.329 e. The SMILES string of the molecule is O=C(N/N=C\c1ccc([O-])c([N+](=O)[O-])c1)C(=O)Nc1cccc(Cl)c1. The maximum atomic E-state index is 11.7. The van der Waals surface area contributed by atoms with Crippen LogP contribution in [-0.2, 0) is 9.59 Å². The molecule has 0 unspecified atom stereocenters. The van der Waals surface area contributed by atoms with E-state index in [1.54, 1.807) is 18.2 Å². The highest BCUT2D eigenvalue weighted by molar-refractivity contribution is 6.39. The number of rotatable bonds is 4. The molecule has 128 valence electrons. The number of carbonyl (C=O) groups excluding carboxylic acids is 2. The van der Waals surface area contributed by atoms with E-state index < -0.39 is 28.2 Å². The maximum absolute atomic E-state index is 11.7.